The van der Waals surface area contributed by atoms with Crippen molar-refractivity contribution < 1.29 is 13.2 Å². The highest BCUT2D eigenvalue weighted by Crippen LogP contribution is 2.43. The number of alkyl halides is 3. The molecule has 0 bridgehead atoms. The van der Waals surface area contributed by atoms with Crippen molar-refractivity contribution in [1.29, 1.82) is 5.26 Å². The summed E-state index contributed by atoms with van der Waals surface area (Å²) in [5, 5.41) is 29.1. The van der Waals surface area contributed by atoms with Crippen molar-refractivity contribution in [3.8, 4) is 45.7 Å². The Morgan fingerprint density at radius 2 is 1.87 bits per heavy atom. The van der Waals surface area contributed by atoms with Crippen molar-refractivity contribution >= 4 is 5.82 Å². The van der Waals surface area contributed by atoms with Crippen LogP contribution in [0.4, 0.5) is 19.0 Å². The zero-order valence-electron chi connectivity index (χ0n) is 26.0. The van der Waals surface area contributed by atoms with Gasteiger partial charge in [-0.25, -0.2) is 9.67 Å². The second-order valence-electron chi connectivity index (χ2n) is 12.5. The molecule has 2 fully saturated rings. The summed E-state index contributed by atoms with van der Waals surface area (Å²) in [5.74, 6) is 1.24. The minimum Gasteiger partial charge on any atom is -0.364 e. The first-order chi connectivity index (χ1) is 22.6. The van der Waals surface area contributed by atoms with Crippen molar-refractivity contribution in [2.24, 2.45) is 7.05 Å². The van der Waals surface area contributed by atoms with E-state index in [0.29, 0.717) is 46.7 Å². The van der Waals surface area contributed by atoms with E-state index in [1.54, 1.807) is 34.6 Å². The summed E-state index contributed by atoms with van der Waals surface area (Å²) in [5.41, 5.74) is 3.56. The number of benzene rings is 1. The van der Waals surface area contributed by atoms with Gasteiger partial charge in [0.15, 0.2) is 11.6 Å². The number of pyridine rings is 2. The lowest BCUT2D eigenvalue weighted by atomic mass is 9.93. The van der Waals surface area contributed by atoms with Gasteiger partial charge in [0.2, 0.25) is 0 Å². The molecular weight excluding hydrogens is 605 g/mol. The maximum Gasteiger partial charge on any atom is 0.416 e. The molecule has 13 heteroatoms. The van der Waals surface area contributed by atoms with Gasteiger partial charge in [-0.2, -0.15) is 23.5 Å². The Bertz CT molecular complexity index is 1980. The van der Waals surface area contributed by atoms with E-state index in [0.717, 1.165) is 47.5 Å². The Labute approximate surface area is 269 Å². The number of nitriles is 1. The average molecular weight is 639 g/mol. The lowest BCUT2D eigenvalue weighted by Crippen LogP contribution is -2.34. The summed E-state index contributed by atoms with van der Waals surface area (Å²) in [6, 6.07) is 13.9. The molecule has 4 heterocycles. The molecule has 1 aromatic carbocycles. The van der Waals surface area contributed by atoms with Crippen LogP contribution in [0.5, 0.6) is 0 Å². The van der Waals surface area contributed by atoms with Gasteiger partial charge in [-0.1, -0.05) is 12.5 Å². The fourth-order valence-corrected chi connectivity index (χ4v) is 5.85. The number of nitrogens with one attached hydrogen (secondary N) is 2. The van der Waals surface area contributed by atoms with Crippen LogP contribution in [0.15, 0.2) is 61.2 Å². The lowest BCUT2D eigenvalue weighted by Gasteiger charge is -2.26. The number of hydrogen-bond donors (Lipinski definition) is 2. The molecule has 0 amide bonds. The van der Waals surface area contributed by atoms with Crippen molar-refractivity contribution in [2.75, 3.05) is 5.32 Å². The van der Waals surface area contributed by atoms with Gasteiger partial charge in [-0.05, 0) is 85.7 Å². The number of anilines is 1. The van der Waals surface area contributed by atoms with Crippen LogP contribution < -0.4 is 10.6 Å². The third-order valence-corrected chi connectivity index (χ3v) is 9.01. The van der Waals surface area contributed by atoms with E-state index in [1.807, 2.05) is 25.3 Å². The zero-order chi connectivity index (χ0) is 32.8. The molecule has 10 nitrogen and oxygen atoms in total. The van der Waals surface area contributed by atoms with Crippen molar-refractivity contribution in [3.05, 3.63) is 78.0 Å². The molecule has 0 spiro atoms. The molecule has 0 atom stereocenters. The molecule has 0 radical (unpaired) electrons. The van der Waals surface area contributed by atoms with Crippen molar-refractivity contribution in [1.82, 2.24) is 39.8 Å². The maximum absolute atomic E-state index is 14.0. The number of hydrogen-bond acceptors (Lipinski definition) is 8. The first-order valence-electron chi connectivity index (χ1n) is 15.6. The number of rotatable bonds is 10. The Morgan fingerprint density at radius 3 is 2.55 bits per heavy atom. The topological polar surface area (TPSA) is 122 Å². The summed E-state index contributed by atoms with van der Waals surface area (Å²) >= 11 is 0. The van der Waals surface area contributed by atoms with Crippen molar-refractivity contribution in [2.45, 2.75) is 69.8 Å². The van der Waals surface area contributed by atoms with Gasteiger partial charge in [0.25, 0.3) is 0 Å². The van der Waals surface area contributed by atoms with Crippen LogP contribution in [0.25, 0.3) is 39.6 Å². The van der Waals surface area contributed by atoms with E-state index in [1.165, 1.54) is 31.7 Å². The van der Waals surface area contributed by atoms with Crippen LogP contribution in [-0.4, -0.2) is 46.1 Å². The summed E-state index contributed by atoms with van der Waals surface area (Å²) < 4.78 is 45.3. The standard InChI is InChI=1S/C34H33F3N10/c1-21-6-8-26(18-39-25-4-3-5-25)42-31(21)23-17-41-47(19-23)30-15-22(14-29(43-30)44-33(10-11-33)12-13-38)28-16-24(34(35,36)37)7-9-27(28)32-45-40-20-46(32)2/h6-9,14-17,19-20,25,39H,3-5,10-12,18H2,1-2H3,(H,43,44). The predicted molar refractivity (Wildman–Crippen MR) is 170 cm³/mol. The van der Waals surface area contributed by atoms with E-state index in [9.17, 15) is 18.4 Å². The van der Waals surface area contributed by atoms with Crippen LogP contribution in [0, 0.1) is 18.3 Å². The molecule has 240 valence electrons. The summed E-state index contributed by atoms with van der Waals surface area (Å²) in [6.07, 6.45) is 5.98. The first-order valence-corrected chi connectivity index (χ1v) is 15.6. The van der Waals surface area contributed by atoms with Gasteiger partial charge in [-0.3, -0.25) is 4.98 Å². The largest absolute Gasteiger partial charge is 0.416 e. The molecule has 0 aliphatic heterocycles. The molecule has 47 heavy (non-hydrogen) atoms. The number of halogens is 3. The minimum absolute atomic E-state index is 0.283. The monoisotopic (exact) mass is 638 g/mol. The normalized spacial score (nSPS) is 15.7. The van der Waals surface area contributed by atoms with Gasteiger partial charge in [0.1, 0.15) is 12.1 Å². The second-order valence-corrected chi connectivity index (χ2v) is 12.5. The van der Waals surface area contributed by atoms with E-state index >= 15 is 0 Å². The highest BCUT2D eigenvalue weighted by Gasteiger charge is 2.43. The predicted octanol–water partition coefficient (Wildman–Crippen LogP) is 6.62. The molecule has 7 rings (SSSR count). The molecular formula is C34H33F3N10. The Balaban J connectivity index is 1.31. The van der Waals surface area contributed by atoms with Crippen molar-refractivity contribution in [3.63, 3.8) is 0 Å². The second kappa shape index (κ2) is 11.9. The van der Waals surface area contributed by atoms with E-state index in [-0.39, 0.29) is 6.42 Å². The molecule has 2 N–H and O–H groups in total. The molecule has 2 saturated carbocycles. The Hall–Kier alpha value is -5.09. The minimum atomic E-state index is -4.56. The highest BCUT2D eigenvalue weighted by atomic mass is 19.4. The lowest BCUT2D eigenvalue weighted by molar-refractivity contribution is -0.137. The number of nitrogens with zero attached hydrogens (tertiary/aromatic N) is 8. The summed E-state index contributed by atoms with van der Waals surface area (Å²) in [7, 11) is 1.74. The molecule has 2 aliphatic carbocycles. The van der Waals surface area contributed by atoms with Gasteiger partial charge in [0.05, 0.1) is 41.2 Å². The first kappa shape index (κ1) is 30.6. The van der Waals surface area contributed by atoms with E-state index in [2.05, 4.69) is 32.0 Å². The van der Waals surface area contributed by atoms with Crippen LogP contribution in [0.3, 0.4) is 0 Å². The van der Waals surface area contributed by atoms with Crippen LogP contribution in [-0.2, 0) is 19.8 Å². The molecule has 2 aliphatic rings. The Morgan fingerprint density at radius 1 is 1.04 bits per heavy atom. The van der Waals surface area contributed by atoms with Gasteiger partial charge >= 0.3 is 6.18 Å². The SMILES string of the molecule is Cc1ccc(CNC2CCC2)nc1-c1cnn(-c2cc(-c3cc(C(F)(F)F)ccc3-c3nncn3C)cc(NC3(CC#N)CC3)n2)c1. The van der Waals surface area contributed by atoms with E-state index < -0.39 is 17.3 Å². The quantitative estimate of drug-likeness (QED) is 0.175. The molecule has 4 aromatic heterocycles. The van der Waals surface area contributed by atoms with Crippen LogP contribution in [0.2, 0.25) is 0 Å². The highest BCUT2D eigenvalue weighted by molar-refractivity contribution is 5.83. The molecule has 0 saturated heterocycles. The average Bonchev–Trinajstić information content (AvgIpc) is 3.38. The fraction of sp³-hybridized carbons (Fsp3) is 0.353. The maximum atomic E-state index is 14.0. The zero-order valence-corrected chi connectivity index (χ0v) is 26.0. The molecule has 5 aromatic rings. The van der Waals surface area contributed by atoms with Gasteiger partial charge in [-0.15, -0.1) is 10.2 Å². The third-order valence-electron chi connectivity index (χ3n) is 9.01. The van der Waals surface area contributed by atoms with Gasteiger partial charge in [0, 0.05) is 37.0 Å². The number of aromatic nitrogens is 7. The van der Waals surface area contributed by atoms with Crippen LogP contribution >= 0.6 is 0 Å². The summed E-state index contributed by atoms with van der Waals surface area (Å²) in [6.45, 7) is 2.68. The van der Waals surface area contributed by atoms with Gasteiger partial charge < -0.3 is 15.2 Å². The number of aryl methyl sites for hydroxylation is 2. The fourth-order valence-electron chi connectivity index (χ4n) is 5.85. The third kappa shape index (κ3) is 6.33. The smallest absolute Gasteiger partial charge is 0.364 e. The Kier molecular flexibility index (Phi) is 7.76. The van der Waals surface area contributed by atoms with Crippen LogP contribution in [0.1, 0.15) is 55.3 Å². The molecule has 0 unspecified atom stereocenters. The summed E-state index contributed by atoms with van der Waals surface area (Å²) in [4.78, 5) is 9.74. The van der Waals surface area contributed by atoms with E-state index in [4.69, 9.17) is 9.97 Å².